The lowest BCUT2D eigenvalue weighted by Gasteiger charge is -2.31. The van der Waals surface area contributed by atoms with Crippen LogP contribution in [0.1, 0.15) is 52.0 Å². The summed E-state index contributed by atoms with van der Waals surface area (Å²) in [6.45, 7) is 8.09. The van der Waals surface area contributed by atoms with Crippen LogP contribution in [0.5, 0.6) is 0 Å². The Bertz CT molecular complexity index is 369. The Labute approximate surface area is 132 Å². The Kier molecular flexibility index (Phi) is 9.32. The second-order valence-corrected chi connectivity index (χ2v) is 11.3. The molecule has 0 aromatic heterocycles. The number of aliphatic imine (C=N–C) groups is 1. The van der Waals surface area contributed by atoms with Crippen LogP contribution >= 0.6 is 0 Å². The fraction of sp³-hybridized carbons (Fsp3) is 0.632. The van der Waals surface area contributed by atoms with E-state index in [0.29, 0.717) is 0 Å². The van der Waals surface area contributed by atoms with Gasteiger partial charge in [0.25, 0.3) is 0 Å². The minimum absolute atomic E-state index is 0.999. The second-order valence-electron chi connectivity index (χ2n) is 6.30. The van der Waals surface area contributed by atoms with Gasteiger partial charge in [-0.1, -0.05) is 94.5 Å². The zero-order valence-electron chi connectivity index (χ0n) is 14.3. The maximum atomic E-state index is 4.62. The van der Waals surface area contributed by atoms with Crippen LogP contribution in [0, 0.1) is 0 Å². The summed E-state index contributed by atoms with van der Waals surface area (Å²) in [7, 11) is -0.999. The van der Waals surface area contributed by atoms with Crippen molar-refractivity contribution in [3.05, 3.63) is 35.9 Å². The average Bonchev–Trinajstić information content (AvgIpc) is 2.49. The molecule has 0 heterocycles. The molecule has 1 nitrogen and oxygen atoms in total. The lowest BCUT2D eigenvalue weighted by molar-refractivity contribution is 0.848. The molecular weight excluding hydrogens is 270 g/mol. The molecular formula is C19H33NSi. The molecule has 0 amide bonds. The minimum Gasteiger partial charge on any atom is -0.293 e. The largest absolute Gasteiger partial charge is 0.293 e. The standard InChI is InChI=1S/C19H33NSi/c1-4-14-21(15-5-2,16-6-3)17-10-13-20-18-19-11-8-7-9-12-19/h7-9,11-12,18H,4-6,10,13-17H2,1-3H3. The summed E-state index contributed by atoms with van der Waals surface area (Å²) in [5.74, 6) is 0. The van der Waals surface area contributed by atoms with E-state index in [9.17, 15) is 0 Å². The van der Waals surface area contributed by atoms with Gasteiger partial charge in [-0.05, 0) is 12.0 Å². The molecule has 1 aromatic rings. The minimum atomic E-state index is -0.999. The Morgan fingerprint density at radius 3 is 1.95 bits per heavy atom. The maximum Gasteiger partial charge on any atom is 0.0536 e. The molecule has 0 bridgehead atoms. The van der Waals surface area contributed by atoms with E-state index in [1.54, 1.807) is 0 Å². The molecule has 0 aliphatic heterocycles. The Morgan fingerprint density at radius 1 is 0.857 bits per heavy atom. The van der Waals surface area contributed by atoms with Crippen molar-refractivity contribution in [1.82, 2.24) is 0 Å². The highest BCUT2D eigenvalue weighted by molar-refractivity contribution is 6.79. The van der Waals surface area contributed by atoms with E-state index in [4.69, 9.17) is 0 Å². The van der Waals surface area contributed by atoms with Crippen molar-refractivity contribution in [3.63, 3.8) is 0 Å². The van der Waals surface area contributed by atoms with Gasteiger partial charge in [-0.15, -0.1) is 0 Å². The Morgan fingerprint density at radius 2 is 1.43 bits per heavy atom. The van der Waals surface area contributed by atoms with Crippen LogP contribution in [0.4, 0.5) is 0 Å². The van der Waals surface area contributed by atoms with Crippen LogP contribution in [0.15, 0.2) is 35.3 Å². The first-order valence-corrected chi connectivity index (χ1v) is 11.6. The highest BCUT2D eigenvalue weighted by atomic mass is 28.3. The monoisotopic (exact) mass is 303 g/mol. The van der Waals surface area contributed by atoms with Crippen LogP contribution in [-0.4, -0.2) is 20.8 Å². The number of benzene rings is 1. The lowest BCUT2D eigenvalue weighted by Crippen LogP contribution is -2.33. The summed E-state index contributed by atoms with van der Waals surface area (Å²) in [6, 6.07) is 16.5. The molecule has 0 N–H and O–H groups in total. The van der Waals surface area contributed by atoms with E-state index in [1.807, 2.05) is 6.21 Å². The second kappa shape index (κ2) is 10.8. The fourth-order valence-corrected chi connectivity index (χ4v) is 9.19. The van der Waals surface area contributed by atoms with Gasteiger partial charge >= 0.3 is 0 Å². The number of hydrogen-bond acceptors (Lipinski definition) is 1. The van der Waals surface area contributed by atoms with E-state index in [2.05, 4.69) is 56.1 Å². The topological polar surface area (TPSA) is 12.4 Å². The van der Waals surface area contributed by atoms with Crippen molar-refractivity contribution in [1.29, 1.82) is 0 Å². The molecule has 118 valence electrons. The smallest absolute Gasteiger partial charge is 0.0536 e. The van der Waals surface area contributed by atoms with Gasteiger partial charge in [0.2, 0.25) is 0 Å². The van der Waals surface area contributed by atoms with Gasteiger partial charge in [-0.2, -0.15) is 0 Å². The maximum absolute atomic E-state index is 4.62. The number of hydrogen-bond donors (Lipinski definition) is 0. The molecule has 21 heavy (non-hydrogen) atoms. The van der Waals surface area contributed by atoms with Gasteiger partial charge in [0.15, 0.2) is 0 Å². The van der Waals surface area contributed by atoms with Crippen molar-refractivity contribution in [3.8, 4) is 0 Å². The van der Waals surface area contributed by atoms with Gasteiger partial charge in [0, 0.05) is 12.8 Å². The van der Waals surface area contributed by atoms with E-state index in [1.165, 1.54) is 55.4 Å². The van der Waals surface area contributed by atoms with Gasteiger partial charge in [0.1, 0.15) is 0 Å². The van der Waals surface area contributed by atoms with Crippen molar-refractivity contribution in [2.24, 2.45) is 4.99 Å². The normalized spacial score (nSPS) is 12.1. The summed E-state index contributed by atoms with van der Waals surface area (Å²) in [5.41, 5.74) is 1.22. The molecule has 1 aromatic carbocycles. The zero-order chi connectivity index (χ0) is 15.4. The highest BCUT2D eigenvalue weighted by Crippen LogP contribution is 2.31. The summed E-state index contributed by atoms with van der Waals surface area (Å²) < 4.78 is 0. The van der Waals surface area contributed by atoms with Gasteiger partial charge < -0.3 is 0 Å². The summed E-state index contributed by atoms with van der Waals surface area (Å²) in [4.78, 5) is 4.62. The molecule has 0 unspecified atom stereocenters. The van der Waals surface area contributed by atoms with Crippen molar-refractivity contribution in [2.45, 2.75) is 70.6 Å². The first-order chi connectivity index (χ1) is 10.3. The molecule has 1 rings (SSSR count). The third-order valence-corrected chi connectivity index (χ3v) is 10.5. The van der Waals surface area contributed by atoms with E-state index < -0.39 is 8.07 Å². The van der Waals surface area contributed by atoms with Gasteiger partial charge in [0.05, 0.1) is 8.07 Å². The molecule has 0 saturated carbocycles. The van der Waals surface area contributed by atoms with E-state index in [0.717, 1.165) is 6.54 Å². The molecule has 0 radical (unpaired) electrons. The third kappa shape index (κ3) is 7.08. The number of nitrogens with zero attached hydrogens (tertiary/aromatic N) is 1. The molecule has 0 spiro atoms. The van der Waals surface area contributed by atoms with Gasteiger partial charge in [-0.25, -0.2) is 0 Å². The van der Waals surface area contributed by atoms with Crippen LogP contribution in [0.3, 0.4) is 0 Å². The van der Waals surface area contributed by atoms with Crippen molar-refractivity contribution >= 4 is 14.3 Å². The fourth-order valence-electron chi connectivity index (χ4n) is 3.60. The molecule has 0 fully saturated rings. The molecule has 2 heteroatoms. The Balaban J connectivity index is 2.43. The zero-order valence-corrected chi connectivity index (χ0v) is 15.3. The summed E-state index contributed by atoms with van der Waals surface area (Å²) in [6.07, 6.45) is 7.44. The first-order valence-electron chi connectivity index (χ1n) is 8.81. The predicted octanol–water partition coefficient (Wildman–Crippen LogP) is 6.17. The summed E-state index contributed by atoms with van der Waals surface area (Å²) >= 11 is 0. The van der Waals surface area contributed by atoms with Crippen molar-refractivity contribution < 1.29 is 0 Å². The highest BCUT2D eigenvalue weighted by Gasteiger charge is 2.28. The molecule has 0 atom stereocenters. The third-order valence-electron chi connectivity index (χ3n) is 4.38. The first kappa shape index (κ1) is 18.2. The molecule has 0 saturated heterocycles. The SMILES string of the molecule is CCC[Si](CCC)(CCC)CCCN=Cc1ccccc1. The Hall–Kier alpha value is -0.893. The molecule has 0 aliphatic carbocycles. The van der Waals surface area contributed by atoms with Crippen LogP contribution < -0.4 is 0 Å². The summed E-state index contributed by atoms with van der Waals surface area (Å²) in [5, 5.41) is 0. The predicted molar refractivity (Wildman–Crippen MR) is 99.4 cm³/mol. The van der Waals surface area contributed by atoms with Crippen LogP contribution in [0.2, 0.25) is 24.2 Å². The van der Waals surface area contributed by atoms with E-state index in [-0.39, 0.29) is 0 Å². The van der Waals surface area contributed by atoms with Crippen LogP contribution in [0.25, 0.3) is 0 Å². The van der Waals surface area contributed by atoms with Crippen molar-refractivity contribution in [2.75, 3.05) is 6.54 Å². The number of rotatable bonds is 11. The lowest BCUT2D eigenvalue weighted by atomic mass is 10.2. The quantitative estimate of drug-likeness (QED) is 0.263. The molecule has 0 aliphatic rings. The average molecular weight is 304 g/mol. The van der Waals surface area contributed by atoms with E-state index >= 15 is 0 Å². The van der Waals surface area contributed by atoms with Gasteiger partial charge in [-0.3, -0.25) is 4.99 Å². The van der Waals surface area contributed by atoms with Crippen LogP contribution in [-0.2, 0) is 0 Å².